The molecule has 0 aromatic carbocycles. The number of hydrogen-bond acceptors (Lipinski definition) is 4. The normalized spacial score (nSPS) is 25.1. The first-order chi connectivity index (χ1) is 8.67. The lowest BCUT2D eigenvalue weighted by atomic mass is 10.2. The lowest BCUT2D eigenvalue weighted by molar-refractivity contribution is -0.123. The average Bonchev–Trinajstić information content (AvgIpc) is 2.82. The number of carbonyl (C=O) groups excluding carboxylic acids is 1. The maximum atomic E-state index is 11.8. The number of methoxy groups -OCH3 is 2. The summed E-state index contributed by atoms with van der Waals surface area (Å²) in [4.78, 5) is 11.8. The Morgan fingerprint density at radius 2 is 2.17 bits per heavy atom. The fourth-order valence-corrected chi connectivity index (χ4v) is 2.32. The summed E-state index contributed by atoms with van der Waals surface area (Å²) in [6.45, 7) is 3.26. The monoisotopic (exact) mass is 258 g/mol. The molecule has 2 N–H and O–H groups in total. The molecule has 0 bridgehead atoms. The maximum Gasteiger partial charge on any atom is 0.236 e. The van der Waals surface area contributed by atoms with Gasteiger partial charge in [0.15, 0.2) is 0 Å². The second-order valence-electron chi connectivity index (χ2n) is 4.89. The molecule has 1 fully saturated rings. The fraction of sp³-hybridized carbons (Fsp3) is 0.923. The van der Waals surface area contributed by atoms with Crippen LogP contribution < -0.4 is 10.6 Å². The number of ether oxygens (including phenoxy) is 2. The van der Waals surface area contributed by atoms with Crippen molar-refractivity contribution < 1.29 is 14.3 Å². The van der Waals surface area contributed by atoms with Crippen LogP contribution in [0.3, 0.4) is 0 Å². The molecule has 0 aromatic heterocycles. The van der Waals surface area contributed by atoms with Gasteiger partial charge in [0.1, 0.15) is 0 Å². The summed E-state index contributed by atoms with van der Waals surface area (Å²) in [6.07, 6.45) is 4.36. The van der Waals surface area contributed by atoms with Gasteiger partial charge in [0.2, 0.25) is 5.91 Å². The van der Waals surface area contributed by atoms with E-state index < -0.39 is 0 Å². The van der Waals surface area contributed by atoms with Gasteiger partial charge < -0.3 is 20.1 Å². The third-order valence-corrected chi connectivity index (χ3v) is 3.42. The molecule has 3 atom stereocenters. The molecule has 3 unspecified atom stereocenters. The second-order valence-corrected chi connectivity index (χ2v) is 4.89. The Balaban J connectivity index is 2.15. The maximum absolute atomic E-state index is 11.8. The van der Waals surface area contributed by atoms with Crippen LogP contribution in [0.5, 0.6) is 0 Å². The lowest BCUT2D eigenvalue weighted by Crippen LogP contribution is -2.46. The second kappa shape index (κ2) is 8.45. The van der Waals surface area contributed by atoms with Crippen LogP contribution in [0, 0.1) is 0 Å². The first kappa shape index (κ1) is 15.4. The fourth-order valence-electron chi connectivity index (χ4n) is 2.32. The summed E-state index contributed by atoms with van der Waals surface area (Å²) in [5, 5.41) is 6.26. The topological polar surface area (TPSA) is 59.6 Å². The minimum atomic E-state index is -0.145. The predicted molar refractivity (Wildman–Crippen MR) is 70.5 cm³/mol. The zero-order chi connectivity index (χ0) is 13.4. The molecule has 1 aliphatic carbocycles. The highest BCUT2D eigenvalue weighted by Gasteiger charge is 2.26. The van der Waals surface area contributed by atoms with E-state index in [0.717, 1.165) is 25.7 Å². The number of amides is 1. The Kier molecular flexibility index (Phi) is 7.23. The Labute approximate surface area is 110 Å². The summed E-state index contributed by atoms with van der Waals surface area (Å²) in [5.74, 6) is 0.0620. The number of carbonyl (C=O) groups is 1. The number of rotatable bonds is 8. The highest BCUT2D eigenvalue weighted by Crippen LogP contribution is 2.21. The van der Waals surface area contributed by atoms with Gasteiger partial charge in [-0.15, -0.1) is 0 Å². The van der Waals surface area contributed by atoms with Crippen LogP contribution in [0.25, 0.3) is 0 Å². The van der Waals surface area contributed by atoms with Crippen LogP contribution >= 0.6 is 0 Å². The van der Waals surface area contributed by atoms with Gasteiger partial charge in [-0.3, -0.25) is 4.79 Å². The molecule has 0 aromatic rings. The van der Waals surface area contributed by atoms with Crippen LogP contribution in [-0.2, 0) is 14.3 Å². The third-order valence-electron chi connectivity index (χ3n) is 3.42. The van der Waals surface area contributed by atoms with Gasteiger partial charge in [-0.05, 0) is 32.6 Å². The predicted octanol–water partition coefficient (Wildman–Crippen LogP) is 0.685. The molecule has 18 heavy (non-hydrogen) atoms. The van der Waals surface area contributed by atoms with Gasteiger partial charge in [-0.2, -0.15) is 0 Å². The SMILES string of the molecule is COCCCNC(=O)C(C)NC1CCC(OC)C1. The highest BCUT2D eigenvalue weighted by molar-refractivity contribution is 5.81. The Morgan fingerprint density at radius 1 is 1.39 bits per heavy atom. The van der Waals surface area contributed by atoms with Crippen LogP contribution in [-0.4, -0.2) is 51.5 Å². The van der Waals surface area contributed by atoms with Gasteiger partial charge in [-0.1, -0.05) is 0 Å². The summed E-state index contributed by atoms with van der Waals surface area (Å²) in [5.41, 5.74) is 0. The Morgan fingerprint density at radius 3 is 2.78 bits per heavy atom. The van der Waals surface area contributed by atoms with Crippen molar-refractivity contribution in [1.29, 1.82) is 0 Å². The minimum absolute atomic E-state index is 0.0620. The van der Waals surface area contributed by atoms with E-state index in [9.17, 15) is 4.79 Å². The summed E-state index contributed by atoms with van der Waals surface area (Å²) in [6, 6.07) is 0.253. The minimum Gasteiger partial charge on any atom is -0.385 e. The van der Waals surface area contributed by atoms with Crippen molar-refractivity contribution >= 4 is 5.91 Å². The molecular formula is C13H26N2O3. The summed E-state index contributed by atoms with van der Waals surface area (Å²) >= 11 is 0. The van der Waals surface area contributed by atoms with Crippen molar-refractivity contribution in [2.24, 2.45) is 0 Å². The van der Waals surface area contributed by atoms with E-state index in [0.29, 0.717) is 25.3 Å². The van der Waals surface area contributed by atoms with Gasteiger partial charge in [0.05, 0.1) is 12.1 Å². The van der Waals surface area contributed by atoms with E-state index in [4.69, 9.17) is 9.47 Å². The van der Waals surface area contributed by atoms with E-state index in [1.54, 1.807) is 14.2 Å². The molecule has 5 nitrogen and oxygen atoms in total. The standard InChI is InChI=1S/C13H26N2O3/c1-10(13(16)14-7-4-8-17-2)15-11-5-6-12(9-11)18-3/h10-12,15H,4-9H2,1-3H3,(H,14,16). The van der Waals surface area contributed by atoms with E-state index in [1.807, 2.05) is 6.92 Å². The molecule has 1 amide bonds. The van der Waals surface area contributed by atoms with Crippen LogP contribution in [0.1, 0.15) is 32.6 Å². The summed E-state index contributed by atoms with van der Waals surface area (Å²) < 4.78 is 10.3. The van der Waals surface area contributed by atoms with Gasteiger partial charge in [0.25, 0.3) is 0 Å². The molecule has 0 radical (unpaired) electrons. The first-order valence-electron chi connectivity index (χ1n) is 6.72. The molecule has 0 aliphatic heterocycles. The number of hydrogen-bond donors (Lipinski definition) is 2. The molecule has 1 saturated carbocycles. The molecule has 106 valence electrons. The highest BCUT2D eigenvalue weighted by atomic mass is 16.5. The van der Waals surface area contributed by atoms with Gasteiger partial charge in [0, 0.05) is 33.4 Å². The molecule has 0 saturated heterocycles. The van der Waals surface area contributed by atoms with E-state index in [1.165, 1.54) is 0 Å². The van der Waals surface area contributed by atoms with Crippen LogP contribution in [0.15, 0.2) is 0 Å². The number of nitrogens with one attached hydrogen (secondary N) is 2. The summed E-state index contributed by atoms with van der Waals surface area (Å²) in [7, 11) is 3.41. The zero-order valence-corrected chi connectivity index (χ0v) is 11.7. The molecule has 5 heteroatoms. The smallest absolute Gasteiger partial charge is 0.236 e. The molecule has 0 spiro atoms. The average molecular weight is 258 g/mol. The van der Waals surface area contributed by atoms with E-state index in [-0.39, 0.29) is 11.9 Å². The van der Waals surface area contributed by atoms with Crippen molar-refractivity contribution in [3.05, 3.63) is 0 Å². The lowest BCUT2D eigenvalue weighted by Gasteiger charge is -2.19. The Bertz CT molecular complexity index is 248. The van der Waals surface area contributed by atoms with Gasteiger partial charge in [-0.25, -0.2) is 0 Å². The van der Waals surface area contributed by atoms with Crippen molar-refractivity contribution in [2.75, 3.05) is 27.4 Å². The third kappa shape index (κ3) is 5.33. The zero-order valence-electron chi connectivity index (χ0n) is 11.7. The molecule has 0 heterocycles. The Hall–Kier alpha value is -0.650. The molecule has 1 aliphatic rings. The van der Waals surface area contributed by atoms with Crippen molar-refractivity contribution in [2.45, 2.75) is 50.8 Å². The van der Waals surface area contributed by atoms with Crippen LogP contribution in [0.2, 0.25) is 0 Å². The van der Waals surface area contributed by atoms with Crippen molar-refractivity contribution in [3.63, 3.8) is 0 Å². The van der Waals surface area contributed by atoms with Crippen LogP contribution in [0.4, 0.5) is 0 Å². The van der Waals surface area contributed by atoms with Crippen molar-refractivity contribution in [3.8, 4) is 0 Å². The first-order valence-corrected chi connectivity index (χ1v) is 6.72. The molecule has 1 rings (SSSR count). The van der Waals surface area contributed by atoms with E-state index in [2.05, 4.69) is 10.6 Å². The quantitative estimate of drug-likeness (QED) is 0.629. The largest absolute Gasteiger partial charge is 0.385 e. The van der Waals surface area contributed by atoms with Gasteiger partial charge >= 0.3 is 0 Å². The molecular weight excluding hydrogens is 232 g/mol. The van der Waals surface area contributed by atoms with Crippen molar-refractivity contribution in [1.82, 2.24) is 10.6 Å². The van der Waals surface area contributed by atoms with E-state index >= 15 is 0 Å².